The quantitative estimate of drug-likeness (QED) is 0.661. The third-order valence-corrected chi connectivity index (χ3v) is 1.36. The summed E-state index contributed by atoms with van der Waals surface area (Å²) in [6, 6.07) is 0. The molecule has 0 atom stereocenters. The highest BCUT2D eigenvalue weighted by Crippen LogP contribution is 2.12. The van der Waals surface area contributed by atoms with Crippen molar-refractivity contribution in [2.45, 2.75) is 13.5 Å². The average Bonchev–Trinajstić information content (AvgIpc) is 2.04. The topological polar surface area (TPSA) is 61.0 Å². The fourth-order valence-electron chi connectivity index (χ4n) is 0.823. The molecule has 1 rings (SSSR count). The molecule has 60 valence electrons. The molecule has 0 aliphatic rings. The predicted octanol–water partition coefficient (Wildman–Crippen LogP) is 0.252. The molecule has 0 fully saturated rings. The summed E-state index contributed by atoms with van der Waals surface area (Å²) in [5.74, 6) is 1.37. The second-order valence-electron chi connectivity index (χ2n) is 2.14. The Morgan fingerprint density at radius 3 is 2.91 bits per heavy atom. The predicted molar refractivity (Wildman–Crippen MR) is 41.2 cm³/mol. The van der Waals surface area contributed by atoms with Gasteiger partial charge in [-0.05, 0) is 6.92 Å². The average molecular weight is 153 g/mol. The van der Waals surface area contributed by atoms with Crippen LogP contribution in [0.15, 0.2) is 6.20 Å². The van der Waals surface area contributed by atoms with Crippen LogP contribution in [0.4, 0.5) is 0 Å². The summed E-state index contributed by atoms with van der Waals surface area (Å²) in [5, 5.41) is 0. The Labute approximate surface area is 65.4 Å². The maximum absolute atomic E-state index is 5.42. The highest BCUT2D eigenvalue weighted by molar-refractivity contribution is 5.23. The van der Waals surface area contributed by atoms with Crippen molar-refractivity contribution in [3.63, 3.8) is 0 Å². The lowest BCUT2D eigenvalue weighted by Crippen LogP contribution is -2.04. The third-order valence-electron chi connectivity index (χ3n) is 1.36. The van der Waals surface area contributed by atoms with Gasteiger partial charge in [0.05, 0.1) is 19.0 Å². The zero-order valence-corrected chi connectivity index (χ0v) is 6.66. The first kappa shape index (κ1) is 7.94. The molecule has 0 amide bonds. The highest BCUT2D eigenvalue weighted by Gasteiger charge is 2.02. The minimum atomic E-state index is 0.381. The summed E-state index contributed by atoms with van der Waals surface area (Å²) in [6.45, 7) is 2.20. The number of methoxy groups -OCH3 is 1. The summed E-state index contributed by atoms with van der Waals surface area (Å²) in [5.41, 5.74) is 6.17. The van der Waals surface area contributed by atoms with E-state index in [2.05, 4.69) is 9.97 Å². The number of nitrogens with zero attached hydrogens (tertiary/aromatic N) is 2. The van der Waals surface area contributed by atoms with Crippen LogP contribution in [0.1, 0.15) is 11.5 Å². The molecule has 0 unspecified atom stereocenters. The first-order chi connectivity index (χ1) is 5.27. The number of nitrogens with two attached hydrogens (primary N) is 1. The number of hydrogen-bond donors (Lipinski definition) is 1. The van der Waals surface area contributed by atoms with Crippen LogP contribution >= 0.6 is 0 Å². The molecule has 0 saturated heterocycles. The van der Waals surface area contributed by atoms with Crippen LogP contribution in [0, 0.1) is 6.92 Å². The minimum absolute atomic E-state index is 0.381. The van der Waals surface area contributed by atoms with Crippen molar-refractivity contribution < 1.29 is 4.74 Å². The van der Waals surface area contributed by atoms with E-state index in [-0.39, 0.29) is 0 Å². The standard InChI is InChI=1S/C7H11N3O/c1-5-9-4-7(11-2)6(3-8)10-5/h4H,3,8H2,1-2H3. The van der Waals surface area contributed by atoms with Crippen molar-refractivity contribution in [1.82, 2.24) is 9.97 Å². The van der Waals surface area contributed by atoms with Gasteiger partial charge < -0.3 is 10.5 Å². The van der Waals surface area contributed by atoms with E-state index < -0.39 is 0 Å². The third kappa shape index (κ3) is 1.65. The Kier molecular flexibility index (Phi) is 2.38. The van der Waals surface area contributed by atoms with Gasteiger partial charge in [-0.25, -0.2) is 9.97 Å². The van der Waals surface area contributed by atoms with Crippen molar-refractivity contribution in [2.24, 2.45) is 5.73 Å². The van der Waals surface area contributed by atoms with E-state index in [1.165, 1.54) is 0 Å². The van der Waals surface area contributed by atoms with E-state index in [0.29, 0.717) is 18.1 Å². The zero-order valence-electron chi connectivity index (χ0n) is 6.66. The molecule has 4 nitrogen and oxygen atoms in total. The van der Waals surface area contributed by atoms with Gasteiger partial charge in [0.15, 0.2) is 5.75 Å². The van der Waals surface area contributed by atoms with Crippen LogP contribution in [0.25, 0.3) is 0 Å². The zero-order chi connectivity index (χ0) is 8.27. The molecule has 0 aliphatic heterocycles. The summed E-state index contributed by atoms with van der Waals surface area (Å²) in [6.07, 6.45) is 1.63. The van der Waals surface area contributed by atoms with Gasteiger partial charge in [0, 0.05) is 6.54 Å². The van der Waals surface area contributed by atoms with Gasteiger partial charge in [-0.2, -0.15) is 0 Å². The van der Waals surface area contributed by atoms with Crippen LogP contribution in [0.3, 0.4) is 0 Å². The van der Waals surface area contributed by atoms with Crippen molar-refractivity contribution in [3.05, 3.63) is 17.7 Å². The number of ether oxygens (including phenoxy) is 1. The summed E-state index contributed by atoms with van der Waals surface area (Å²) in [7, 11) is 1.58. The Morgan fingerprint density at radius 2 is 2.36 bits per heavy atom. The van der Waals surface area contributed by atoms with Crippen LogP contribution in [-0.2, 0) is 6.54 Å². The van der Waals surface area contributed by atoms with E-state index in [4.69, 9.17) is 10.5 Å². The van der Waals surface area contributed by atoms with E-state index >= 15 is 0 Å². The lowest BCUT2D eigenvalue weighted by Gasteiger charge is -2.04. The first-order valence-electron chi connectivity index (χ1n) is 3.34. The lowest BCUT2D eigenvalue weighted by atomic mass is 10.3. The molecule has 0 bridgehead atoms. The van der Waals surface area contributed by atoms with E-state index in [1.807, 2.05) is 6.92 Å². The fraction of sp³-hybridized carbons (Fsp3) is 0.429. The van der Waals surface area contributed by atoms with Crippen molar-refractivity contribution in [1.29, 1.82) is 0 Å². The van der Waals surface area contributed by atoms with Gasteiger partial charge in [-0.15, -0.1) is 0 Å². The normalized spacial score (nSPS) is 9.73. The first-order valence-corrected chi connectivity index (χ1v) is 3.34. The van der Waals surface area contributed by atoms with Crippen molar-refractivity contribution in [2.75, 3.05) is 7.11 Å². The maximum Gasteiger partial charge on any atom is 0.159 e. The van der Waals surface area contributed by atoms with Gasteiger partial charge in [0.25, 0.3) is 0 Å². The molecular weight excluding hydrogens is 142 g/mol. The van der Waals surface area contributed by atoms with Gasteiger partial charge in [0.2, 0.25) is 0 Å². The Hall–Kier alpha value is -1.16. The smallest absolute Gasteiger partial charge is 0.159 e. The number of aromatic nitrogens is 2. The molecule has 0 spiro atoms. The summed E-state index contributed by atoms with van der Waals surface area (Å²) < 4.78 is 4.99. The minimum Gasteiger partial charge on any atom is -0.493 e. The second kappa shape index (κ2) is 3.30. The van der Waals surface area contributed by atoms with Gasteiger partial charge in [0.1, 0.15) is 5.82 Å². The maximum atomic E-state index is 5.42. The molecule has 0 radical (unpaired) electrons. The molecule has 0 aliphatic carbocycles. The molecule has 1 aromatic rings. The Balaban J connectivity index is 3.06. The lowest BCUT2D eigenvalue weighted by molar-refractivity contribution is 0.404. The van der Waals surface area contributed by atoms with Crippen molar-refractivity contribution >= 4 is 0 Å². The van der Waals surface area contributed by atoms with E-state index in [0.717, 1.165) is 5.69 Å². The SMILES string of the molecule is COc1cnc(C)nc1CN. The van der Waals surface area contributed by atoms with Crippen LogP contribution in [-0.4, -0.2) is 17.1 Å². The monoisotopic (exact) mass is 153 g/mol. The number of hydrogen-bond acceptors (Lipinski definition) is 4. The molecular formula is C7H11N3O. The highest BCUT2D eigenvalue weighted by atomic mass is 16.5. The van der Waals surface area contributed by atoms with Gasteiger partial charge in [-0.3, -0.25) is 0 Å². The van der Waals surface area contributed by atoms with Crippen LogP contribution < -0.4 is 10.5 Å². The number of rotatable bonds is 2. The second-order valence-corrected chi connectivity index (χ2v) is 2.14. The largest absolute Gasteiger partial charge is 0.493 e. The molecule has 1 aromatic heterocycles. The molecule has 4 heteroatoms. The van der Waals surface area contributed by atoms with Gasteiger partial charge in [-0.1, -0.05) is 0 Å². The molecule has 2 N–H and O–H groups in total. The Morgan fingerprint density at radius 1 is 1.64 bits per heavy atom. The molecule has 0 saturated carbocycles. The molecule has 11 heavy (non-hydrogen) atoms. The van der Waals surface area contributed by atoms with Crippen molar-refractivity contribution in [3.8, 4) is 5.75 Å². The van der Waals surface area contributed by atoms with E-state index in [9.17, 15) is 0 Å². The van der Waals surface area contributed by atoms with Gasteiger partial charge >= 0.3 is 0 Å². The number of aryl methyl sites for hydroxylation is 1. The molecule has 1 heterocycles. The van der Waals surface area contributed by atoms with Crippen LogP contribution in [0.2, 0.25) is 0 Å². The Bertz CT molecular complexity index is 249. The van der Waals surface area contributed by atoms with E-state index in [1.54, 1.807) is 13.3 Å². The molecule has 0 aromatic carbocycles. The van der Waals surface area contributed by atoms with Crippen LogP contribution in [0.5, 0.6) is 5.75 Å². The summed E-state index contributed by atoms with van der Waals surface area (Å²) >= 11 is 0. The fourth-order valence-corrected chi connectivity index (χ4v) is 0.823. The summed E-state index contributed by atoms with van der Waals surface area (Å²) in [4.78, 5) is 8.07.